The highest BCUT2D eigenvalue weighted by Gasteiger charge is 2.22. The van der Waals surface area contributed by atoms with Gasteiger partial charge in [-0.05, 0) is 35.4 Å². The third-order valence-electron chi connectivity index (χ3n) is 3.96. The number of amides is 1. The van der Waals surface area contributed by atoms with Gasteiger partial charge < -0.3 is 10.4 Å². The van der Waals surface area contributed by atoms with Gasteiger partial charge in [-0.3, -0.25) is 20.1 Å². The van der Waals surface area contributed by atoms with Crippen molar-refractivity contribution in [2.45, 2.75) is 19.1 Å². The molecule has 3 N–H and O–H groups in total. The van der Waals surface area contributed by atoms with Gasteiger partial charge in [0, 0.05) is 43.4 Å². The number of aromatic nitrogens is 2. The van der Waals surface area contributed by atoms with Crippen molar-refractivity contribution in [2.24, 2.45) is 0 Å². The van der Waals surface area contributed by atoms with Gasteiger partial charge in [0.25, 0.3) is 0 Å². The molecule has 132 valence electrons. The number of phenolic OH excluding ortho intramolecular Hbond substituents is 1. The second kappa shape index (κ2) is 8.73. The number of para-hydroxylation sites is 1. The Morgan fingerprint density at radius 2 is 1.73 bits per heavy atom. The van der Waals surface area contributed by atoms with Gasteiger partial charge in [-0.2, -0.15) is 0 Å². The molecular formula is C20H20N4O2. The first-order chi connectivity index (χ1) is 12.7. The van der Waals surface area contributed by atoms with Gasteiger partial charge in [-0.1, -0.05) is 24.3 Å². The summed E-state index contributed by atoms with van der Waals surface area (Å²) in [6.45, 7) is 0.843. The number of benzene rings is 1. The second-order valence-corrected chi connectivity index (χ2v) is 5.81. The third-order valence-corrected chi connectivity index (χ3v) is 3.96. The average molecular weight is 348 g/mol. The fourth-order valence-corrected chi connectivity index (χ4v) is 2.59. The van der Waals surface area contributed by atoms with Gasteiger partial charge in [0.15, 0.2) is 0 Å². The topological polar surface area (TPSA) is 87.1 Å². The lowest BCUT2D eigenvalue weighted by Crippen LogP contribution is -2.37. The van der Waals surface area contributed by atoms with Crippen molar-refractivity contribution in [1.29, 1.82) is 0 Å². The zero-order valence-corrected chi connectivity index (χ0v) is 14.2. The summed E-state index contributed by atoms with van der Waals surface area (Å²) in [6.07, 6.45) is 6.80. The monoisotopic (exact) mass is 348 g/mol. The summed E-state index contributed by atoms with van der Waals surface area (Å²) < 4.78 is 0. The summed E-state index contributed by atoms with van der Waals surface area (Å²) in [7, 11) is 0. The minimum Gasteiger partial charge on any atom is -0.508 e. The van der Waals surface area contributed by atoms with Crippen LogP contribution in [0, 0.1) is 0 Å². The largest absolute Gasteiger partial charge is 0.508 e. The van der Waals surface area contributed by atoms with E-state index < -0.39 is 6.04 Å². The van der Waals surface area contributed by atoms with E-state index in [1.807, 2.05) is 24.3 Å². The Morgan fingerprint density at radius 3 is 2.46 bits per heavy atom. The Kier molecular flexibility index (Phi) is 5.90. The highest BCUT2D eigenvalue weighted by Crippen LogP contribution is 2.24. The number of carbonyl (C=O) groups is 1. The van der Waals surface area contributed by atoms with Gasteiger partial charge in [-0.25, -0.2) is 0 Å². The molecule has 0 aliphatic carbocycles. The van der Waals surface area contributed by atoms with Crippen LogP contribution in [0.5, 0.6) is 5.75 Å². The molecule has 0 aliphatic rings. The predicted octanol–water partition coefficient (Wildman–Crippen LogP) is 2.33. The van der Waals surface area contributed by atoms with Gasteiger partial charge in [0.1, 0.15) is 11.8 Å². The molecule has 0 radical (unpaired) electrons. The van der Waals surface area contributed by atoms with Crippen LogP contribution in [0.4, 0.5) is 0 Å². The molecule has 0 fully saturated rings. The van der Waals surface area contributed by atoms with E-state index in [2.05, 4.69) is 20.6 Å². The Morgan fingerprint density at radius 1 is 0.923 bits per heavy atom. The maximum atomic E-state index is 12.8. The molecular weight excluding hydrogens is 328 g/mol. The highest BCUT2D eigenvalue weighted by atomic mass is 16.3. The smallest absolute Gasteiger partial charge is 0.242 e. The van der Waals surface area contributed by atoms with E-state index in [-0.39, 0.29) is 11.7 Å². The summed E-state index contributed by atoms with van der Waals surface area (Å²) in [5.74, 6) is -0.138. The van der Waals surface area contributed by atoms with Crippen molar-refractivity contribution < 1.29 is 9.90 Å². The standard InChI is InChI=1S/C20H20N4O2/c25-18-6-2-1-5-17(18)19(23-13-15-7-10-21-11-8-15)20(26)24-14-16-4-3-9-22-12-16/h1-12,19,23,25H,13-14H2,(H,24,26). The highest BCUT2D eigenvalue weighted by molar-refractivity contribution is 5.84. The van der Waals surface area contributed by atoms with E-state index in [0.717, 1.165) is 11.1 Å². The van der Waals surface area contributed by atoms with Crippen LogP contribution in [-0.4, -0.2) is 21.0 Å². The summed E-state index contributed by atoms with van der Waals surface area (Å²) >= 11 is 0. The molecule has 1 aromatic carbocycles. The molecule has 26 heavy (non-hydrogen) atoms. The number of aromatic hydroxyl groups is 1. The summed E-state index contributed by atoms with van der Waals surface area (Å²) in [6, 6.07) is 13.6. The first-order valence-electron chi connectivity index (χ1n) is 8.31. The van der Waals surface area contributed by atoms with Crippen LogP contribution < -0.4 is 10.6 Å². The number of rotatable bonds is 7. The quantitative estimate of drug-likeness (QED) is 0.610. The van der Waals surface area contributed by atoms with E-state index in [9.17, 15) is 9.90 Å². The van der Waals surface area contributed by atoms with Crippen molar-refractivity contribution in [3.8, 4) is 5.75 Å². The molecule has 3 rings (SSSR count). The van der Waals surface area contributed by atoms with Crippen molar-refractivity contribution in [1.82, 2.24) is 20.6 Å². The minimum absolute atomic E-state index is 0.0799. The second-order valence-electron chi connectivity index (χ2n) is 5.81. The first kappa shape index (κ1) is 17.6. The van der Waals surface area contributed by atoms with Crippen LogP contribution in [0.3, 0.4) is 0 Å². The summed E-state index contributed by atoms with van der Waals surface area (Å²) in [5.41, 5.74) is 2.44. The fourth-order valence-electron chi connectivity index (χ4n) is 2.59. The number of pyridine rings is 2. The first-order valence-corrected chi connectivity index (χ1v) is 8.31. The zero-order valence-electron chi connectivity index (χ0n) is 14.2. The lowest BCUT2D eigenvalue weighted by atomic mass is 10.0. The number of hydrogen-bond acceptors (Lipinski definition) is 5. The van der Waals surface area contributed by atoms with Gasteiger partial charge in [-0.15, -0.1) is 0 Å². The Balaban J connectivity index is 1.73. The van der Waals surface area contributed by atoms with Crippen LogP contribution in [0.1, 0.15) is 22.7 Å². The Hall–Kier alpha value is -3.25. The number of phenols is 1. The zero-order chi connectivity index (χ0) is 18.2. The fraction of sp³-hybridized carbons (Fsp3) is 0.150. The molecule has 0 saturated carbocycles. The SMILES string of the molecule is O=C(NCc1cccnc1)C(NCc1ccncc1)c1ccccc1O. The van der Waals surface area contributed by atoms with Crippen molar-refractivity contribution in [3.05, 3.63) is 90.0 Å². The molecule has 0 bridgehead atoms. The molecule has 6 nitrogen and oxygen atoms in total. The van der Waals surface area contributed by atoms with Crippen LogP contribution >= 0.6 is 0 Å². The number of nitrogens with one attached hydrogen (secondary N) is 2. The van der Waals surface area contributed by atoms with E-state index >= 15 is 0 Å². The molecule has 0 aliphatic heterocycles. The van der Waals surface area contributed by atoms with Crippen LogP contribution in [-0.2, 0) is 17.9 Å². The van der Waals surface area contributed by atoms with Crippen molar-refractivity contribution >= 4 is 5.91 Å². The van der Waals surface area contributed by atoms with E-state index in [1.54, 1.807) is 49.1 Å². The molecule has 1 atom stereocenters. The maximum absolute atomic E-state index is 12.8. The van der Waals surface area contributed by atoms with E-state index in [0.29, 0.717) is 18.7 Å². The molecule has 0 spiro atoms. The van der Waals surface area contributed by atoms with Crippen LogP contribution in [0.15, 0.2) is 73.3 Å². The Bertz CT molecular complexity index is 841. The van der Waals surface area contributed by atoms with Crippen molar-refractivity contribution in [3.63, 3.8) is 0 Å². The summed E-state index contributed by atoms with van der Waals surface area (Å²) in [4.78, 5) is 20.8. The lowest BCUT2D eigenvalue weighted by molar-refractivity contribution is -0.123. The predicted molar refractivity (Wildman–Crippen MR) is 98.0 cm³/mol. The average Bonchev–Trinajstić information content (AvgIpc) is 2.69. The molecule has 0 saturated heterocycles. The minimum atomic E-state index is -0.680. The Labute approximate surface area is 152 Å². The van der Waals surface area contributed by atoms with Gasteiger partial charge >= 0.3 is 0 Å². The molecule has 2 heterocycles. The molecule has 6 heteroatoms. The van der Waals surface area contributed by atoms with Gasteiger partial charge in [0.05, 0.1) is 0 Å². The van der Waals surface area contributed by atoms with Crippen LogP contribution in [0.25, 0.3) is 0 Å². The van der Waals surface area contributed by atoms with Gasteiger partial charge in [0.2, 0.25) is 5.91 Å². The lowest BCUT2D eigenvalue weighted by Gasteiger charge is -2.20. The maximum Gasteiger partial charge on any atom is 0.242 e. The molecule has 1 amide bonds. The number of hydrogen-bond donors (Lipinski definition) is 3. The molecule has 1 unspecified atom stereocenters. The van der Waals surface area contributed by atoms with Crippen LogP contribution in [0.2, 0.25) is 0 Å². The normalized spacial score (nSPS) is 11.7. The number of nitrogens with zero attached hydrogens (tertiary/aromatic N) is 2. The molecule has 3 aromatic rings. The van der Waals surface area contributed by atoms with E-state index in [4.69, 9.17) is 0 Å². The summed E-state index contributed by atoms with van der Waals surface area (Å²) in [5, 5.41) is 16.3. The number of carbonyl (C=O) groups excluding carboxylic acids is 1. The van der Waals surface area contributed by atoms with Crippen molar-refractivity contribution in [2.75, 3.05) is 0 Å². The van der Waals surface area contributed by atoms with E-state index in [1.165, 1.54) is 0 Å². The molecule has 2 aromatic heterocycles. The third kappa shape index (κ3) is 4.64.